The van der Waals surface area contributed by atoms with Crippen molar-refractivity contribution >= 4 is 11.4 Å². The molecule has 1 aliphatic rings. The molecule has 0 radical (unpaired) electrons. The first-order chi connectivity index (χ1) is 12.2. The highest BCUT2D eigenvalue weighted by Gasteiger charge is 2.17. The van der Waals surface area contributed by atoms with Gasteiger partial charge in [-0.15, -0.1) is 5.11 Å². The van der Waals surface area contributed by atoms with Gasteiger partial charge in [0.05, 0.1) is 23.0 Å². The molecule has 8 nitrogen and oxygen atoms in total. The van der Waals surface area contributed by atoms with Crippen molar-refractivity contribution in [1.29, 1.82) is 5.26 Å². The molecule has 2 heterocycles. The Kier molecular flexibility index (Phi) is 3.52. The lowest BCUT2D eigenvalue weighted by Gasteiger charge is -2.01. The number of nitriles is 1. The molecule has 1 aromatic heterocycles. The molecule has 0 unspecified atom stereocenters. The summed E-state index contributed by atoms with van der Waals surface area (Å²) in [6.07, 6.45) is 0. The van der Waals surface area contributed by atoms with E-state index in [9.17, 15) is 4.79 Å². The molecule has 0 amide bonds. The van der Waals surface area contributed by atoms with E-state index < -0.39 is 5.56 Å². The maximum atomic E-state index is 12.0. The minimum atomic E-state index is -0.396. The number of benzene rings is 2. The van der Waals surface area contributed by atoms with Crippen molar-refractivity contribution < 1.29 is 9.47 Å². The highest BCUT2D eigenvalue weighted by Crippen LogP contribution is 2.37. The largest absolute Gasteiger partial charge is 0.454 e. The third-order valence-electron chi connectivity index (χ3n) is 3.65. The number of nitrogens with one attached hydrogen (secondary N) is 2. The second-order valence-corrected chi connectivity index (χ2v) is 5.23. The van der Waals surface area contributed by atoms with Crippen molar-refractivity contribution in [3.63, 3.8) is 0 Å². The van der Waals surface area contributed by atoms with Crippen molar-refractivity contribution in [2.45, 2.75) is 0 Å². The van der Waals surface area contributed by atoms with Crippen LogP contribution < -0.4 is 15.0 Å². The van der Waals surface area contributed by atoms with Gasteiger partial charge < -0.3 is 9.47 Å². The fourth-order valence-electron chi connectivity index (χ4n) is 2.45. The van der Waals surface area contributed by atoms with Gasteiger partial charge in [-0.05, 0) is 36.4 Å². The van der Waals surface area contributed by atoms with E-state index in [4.69, 9.17) is 14.7 Å². The number of nitrogens with zero attached hydrogens (tertiary/aromatic N) is 3. The van der Waals surface area contributed by atoms with Gasteiger partial charge in [0.1, 0.15) is 0 Å². The Bertz CT molecular complexity index is 1070. The van der Waals surface area contributed by atoms with Crippen LogP contribution in [0, 0.1) is 11.3 Å². The molecule has 0 atom stereocenters. The summed E-state index contributed by atoms with van der Waals surface area (Å²) < 4.78 is 10.6. The monoisotopic (exact) mass is 333 g/mol. The predicted octanol–water partition coefficient (Wildman–Crippen LogP) is 3.39. The average Bonchev–Trinajstić information content (AvgIpc) is 3.25. The summed E-state index contributed by atoms with van der Waals surface area (Å²) in [5.41, 5.74) is 1.90. The summed E-state index contributed by atoms with van der Waals surface area (Å²) in [6.45, 7) is 0.171. The van der Waals surface area contributed by atoms with Crippen molar-refractivity contribution in [3.05, 3.63) is 58.4 Å². The lowest BCUT2D eigenvalue weighted by Crippen LogP contribution is -1.96. The van der Waals surface area contributed by atoms with E-state index in [1.54, 1.807) is 42.5 Å². The fourth-order valence-corrected chi connectivity index (χ4v) is 2.45. The molecule has 0 fully saturated rings. The van der Waals surface area contributed by atoms with E-state index in [1.165, 1.54) is 0 Å². The van der Waals surface area contributed by atoms with Gasteiger partial charge >= 0.3 is 0 Å². The van der Waals surface area contributed by atoms with Crippen LogP contribution in [0.5, 0.6) is 11.5 Å². The molecule has 0 spiro atoms. The van der Waals surface area contributed by atoms with Crippen LogP contribution in [0.25, 0.3) is 11.3 Å². The van der Waals surface area contributed by atoms with Gasteiger partial charge in [-0.25, -0.2) is 0 Å². The Hall–Kier alpha value is -3.86. The summed E-state index contributed by atoms with van der Waals surface area (Å²) in [7, 11) is 0. The third kappa shape index (κ3) is 2.74. The zero-order valence-corrected chi connectivity index (χ0v) is 12.8. The lowest BCUT2D eigenvalue weighted by atomic mass is 10.1. The molecular weight excluding hydrogens is 322 g/mol. The molecule has 122 valence electrons. The van der Waals surface area contributed by atoms with Gasteiger partial charge in [0.2, 0.25) is 6.79 Å². The van der Waals surface area contributed by atoms with Gasteiger partial charge in [0.25, 0.3) is 5.56 Å². The van der Waals surface area contributed by atoms with Gasteiger partial charge in [-0.1, -0.05) is 6.07 Å². The summed E-state index contributed by atoms with van der Waals surface area (Å²) >= 11 is 0. The molecular formula is C17H11N5O3. The molecule has 0 saturated carbocycles. The normalized spacial score (nSPS) is 12.4. The van der Waals surface area contributed by atoms with E-state index in [-0.39, 0.29) is 12.5 Å². The number of hydrogen-bond acceptors (Lipinski definition) is 6. The van der Waals surface area contributed by atoms with E-state index in [0.29, 0.717) is 34.0 Å². The maximum absolute atomic E-state index is 12.0. The van der Waals surface area contributed by atoms with E-state index in [1.807, 2.05) is 6.07 Å². The van der Waals surface area contributed by atoms with Crippen LogP contribution in [-0.2, 0) is 0 Å². The molecule has 0 aliphatic carbocycles. The fraction of sp³-hybridized carbons (Fsp3) is 0.0588. The van der Waals surface area contributed by atoms with Crippen LogP contribution in [0.3, 0.4) is 0 Å². The molecule has 0 saturated heterocycles. The number of aromatic amines is 2. The van der Waals surface area contributed by atoms with Crippen LogP contribution in [0.15, 0.2) is 57.5 Å². The lowest BCUT2D eigenvalue weighted by molar-refractivity contribution is 0.174. The first-order valence-electron chi connectivity index (χ1n) is 7.37. The zero-order chi connectivity index (χ0) is 17.2. The predicted molar refractivity (Wildman–Crippen MR) is 88.3 cm³/mol. The second-order valence-electron chi connectivity index (χ2n) is 5.23. The first-order valence-corrected chi connectivity index (χ1v) is 7.37. The number of ether oxygens (including phenoxy) is 2. The molecule has 1 aliphatic heterocycles. The Morgan fingerprint density at radius 3 is 2.80 bits per heavy atom. The number of hydrogen-bond donors (Lipinski definition) is 2. The highest BCUT2D eigenvalue weighted by atomic mass is 16.7. The standard InChI is InChI=1S/C17H11N5O3/c18-8-10-2-1-3-12(6-10)19-21-16-15(20-22-17(16)23)11-4-5-13-14(7-11)25-9-24-13/h1-7H,9H2,(H2,20,22,23). The van der Waals surface area contributed by atoms with Gasteiger partial charge in [-0.3, -0.25) is 15.0 Å². The second kappa shape index (κ2) is 5.98. The molecule has 4 rings (SSSR count). The van der Waals surface area contributed by atoms with Gasteiger partial charge in [0.15, 0.2) is 17.2 Å². The minimum absolute atomic E-state index is 0.140. The number of fused-ring (bicyclic) bond motifs is 1. The first kappa shape index (κ1) is 14.7. The van der Waals surface area contributed by atoms with Crippen molar-refractivity contribution in [1.82, 2.24) is 10.2 Å². The highest BCUT2D eigenvalue weighted by molar-refractivity contribution is 5.73. The SMILES string of the molecule is N#Cc1cccc(N=Nc2c(-c3ccc4c(c3)OCO4)[nH][nH]c2=O)c1. The van der Waals surface area contributed by atoms with Gasteiger partial charge in [-0.2, -0.15) is 10.4 Å². The smallest absolute Gasteiger partial charge is 0.292 e. The topological polar surface area (TPSA) is 116 Å². The Morgan fingerprint density at radius 1 is 1.04 bits per heavy atom. The Labute approximate surface area is 141 Å². The van der Waals surface area contributed by atoms with Crippen molar-refractivity contribution in [2.75, 3.05) is 6.79 Å². The summed E-state index contributed by atoms with van der Waals surface area (Å²) in [6, 6.07) is 14.0. The quantitative estimate of drug-likeness (QED) is 0.715. The minimum Gasteiger partial charge on any atom is -0.454 e. The van der Waals surface area contributed by atoms with Crippen molar-refractivity contribution in [3.8, 4) is 28.8 Å². The van der Waals surface area contributed by atoms with Crippen LogP contribution in [0.1, 0.15) is 5.56 Å². The molecule has 0 bridgehead atoms. The number of H-pyrrole nitrogens is 2. The van der Waals surface area contributed by atoms with Crippen molar-refractivity contribution in [2.24, 2.45) is 10.2 Å². The number of azo groups is 1. The van der Waals surface area contributed by atoms with Crippen LogP contribution in [0.4, 0.5) is 11.4 Å². The molecule has 3 aromatic rings. The molecule has 2 N–H and O–H groups in total. The maximum Gasteiger partial charge on any atom is 0.292 e. The average molecular weight is 333 g/mol. The summed E-state index contributed by atoms with van der Waals surface area (Å²) in [5.74, 6) is 1.25. The number of aromatic nitrogens is 2. The third-order valence-corrected chi connectivity index (χ3v) is 3.65. The Morgan fingerprint density at radius 2 is 1.92 bits per heavy atom. The van der Waals surface area contributed by atoms with Crippen LogP contribution in [0.2, 0.25) is 0 Å². The zero-order valence-electron chi connectivity index (χ0n) is 12.8. The molecule has 2 aromatic carbocycles. The van der Waals surface area contributed by atoms with E-state index in [0.717, 1.165) is 0 Å². The molecule has 8 heteroatoms. The van der Waals surface area contributed by atoms with Gasteiger partial charge in [0, 0.05) is 5.56 Å². The summed E-state index contributed by atoms with van der Waals surface area (Å²) in [4.78, 5) is 12.0. The summed E-state index contributed by atoms with van der Waals surface area (Å²) in [5, 5.41) is 22.3. The number of rotatable bonds is 3. The van der Waals surface area contributed by atoms with E-state index in [2.05, 4.69) is 20.4 Å². The van der Waals surface area contributed by atoms with Crippen LogP contribution >= 0.6 is 0 Å². The molecule has 25 heavy (non-hydrogen) atoms. The van der Waals surface area contributed by atoms with E-state index >= 15 is 0 Å². The Balaban J connectivity index is 1.72. The van der Waals surface area contributed by atoms with Crippen LogP contribution in [-0.4, -0.2) is 17.0 Å².